The molecule has 0 radical (unpaired) electrons. The van der Waals surface area contributed by atoms with E-state index in [9.17, 15) is 4.79 Å². The van der Waals surface area contributed by atoms with E-state index >= 15 is 0 Å². The Morgan fingerprint density at radius 1 is 1.67 bits per heavy atom. The second kappa shape index (κ2) is 5.30. The predicted octanol–water partition coefficient (Wildman–Crippen LogP) is 2.74. The second-order valence-corrected chi connectivity index (χ2v) is 4.34. The molecule has 0 spiro atoms. The van der Waals surface area contributed by atoms with Crippen LogP contribution >= 0.6 is 15.9 Å². The van der Waals surface area contributed by atoms with Crippen molar-refractivity contribution < 1.29 is 14.1 Å². The Labute approximate surface area is 97.1 Å². The molecule has 0 amide bonds. The highest BCUT2D eigenvalue weighted by atomic mass is 79.9. The van der Waals surface area contributed by atoms with Gasteiger partial charge in [0.25, 0.3) is 0 Å². The molecule has 0 bridgehead atoms. The third kappa shape index (κ3) is 3.06. The van der Waals surface area contributed by atoms with Crippen molar-refractivity contribution in [1.82, 2.24) is 5.16 Å². The zero-order chi connectivity index (χ0) is 11.4. The smallest absolute Gasteiger partial charge is 0.317 e. The SMILES string of the molecule is CCOC(=O)C(c1cc(Br)no1)C(C)C. The fourth-order valence-corrected chi connectivity index (χ4v) is 1.66. The first kappa shape index (κ1) is 12.2. The third-order valence-corrected chi connectivity index (χ3v) is 2.39. The molecule has 1 rings (SSSR count). The van der Waals surface area contributed by atoms with Crippen LogP contribution < -0.4 is 0 Å². The summed E-state index contributed by atoms with van der Waals surface area (Å²) >= 11 is 3.18. The number of ether oxygens (including phenoxy) is 1. The lowest BCUT2D eigenvalue weighted by atomic mass is 9.93. The maximum absolute atomic E-state index is 11.7. The number of aromatic nitrogens is 1. The number of esters is 1. The van der Waals surface area contributed by atoms with E-state index in [1.165, 1.54) is 0 Å². The maximum Gasteiger partial charge on any atom is 0.317 e. The van der Waals surface area contributed by atoms with Gasteiger partial charge >= 0.3 is 5.97 Å². The molecule has 1 aromatic heterocycles. The van der Waals surface area contributed by atoms with Crippen molar-refractivity contribution in [3.63, 3.8) is 0 Å². The van der Waals surface area contributed by atoms with Crippen molar-refractivity contribution >= 4 is 21.9 Å². The van der Waals surface area contributed by atoms with Crippen LogP contribution in [0.3, 0.4) is 0 Å². The molecule has 0 aliphatic carbocycles. The summed E-state index contributed by atoms with van der Waals surface area (Å²) in [6, 6.07) is 1.70. The normalized spacial score (nSPS) is 12.9. The summed E-state index contributed by atoms with van der Waals surface area (Å²) < 4.78 is 10.6. The molecule has 0 aliphatic heterocycles. The van der Waals surface area contributed by atoms with Crippen LogP contribution in [0.1, 0.15) is 32.4 Å². The van der Waals surface area contributed by atoms with Crippen molar-refractivity contribution in [1.29, 1.82) is 0 Å². The summed E-state index contributed by atoms with van der Waals surface area (Å²) in [7, 11) is 0. The van der Waals surface area contributed by atoms with E-state index in [1.54, 1.807) is 13.0 Å². The van der Waals surface area contributed by atoms with Crippen LogP contribution in [0, 0.1) is 5.92 Å². The van der Waals surface area contributed by atoms with E-state index in [2.05, 4.69) is 21.1 Å². The first-order valence-electron chi connectivity index (χ1n) is 4.85. The molecule has 1 atom stereocenters. The minimum atomic E-state index is -0.385. The van der Waals surface area contributed by atoms with Crippen LogP contribution in [0.15, 0.2) is 15.2 Å². The molecule has 5 heteroatoms. The first-order valence-corrected chi connectivity index (χ1v) is 5.64. The molecule has 1 unspecified atom stereocenters. The highest BCUT2D eigenvalue weighted by molar-refractivity contribution is 9.10. The quantitative estimate of drug-likeness (QED) is 0.793. The predicted molar refractivity (Wildman–Crippen MR) is 58.4 cm³/mol. The molecule has 0 N–H and O–H groups in total. The van der Waals surface area contributed by atoms with Crippen LogP contribution in [0.5, 0.6) is 0 Å². The maximum atomic E-state index is 11.7. The van der Waals surface area contributed by atoms with Gasteiger partial charge in [-0.1, -0.05) is 19.0 Å². The average Bonchev–Trinajstić information content (AvgIpc) is 2.51. The topological polar surface area (TPSA) is 52.3 Å². The lowest BCUT2D eigenvalue weighted by Crippen LogP contribution is -2.20. The number of halogens is 1. The molecule has 1 aromatic rings. The van der Waals surface area contributed by atoms with Gasteiger partial charge in [0, 0.05) is 6.07 Å². The van der Waals surface area contributed by atoms with Gasteiger partial charge in [0.2, 0.25) is 0 Å². The Bertz CT molecular complexity index is 335. The summed E-state index contributed by atoms with van der Waals surface area (Å²) in [5, 5.41) is 3.70. The van der Waals surface area contributed by atoms with Gasteiger partial charge in [-0.2, -0.15) is 0 Å². The highest BCUT2D eigenvalue weighted by Gasteiger charge is 2.29. The molecular weight excluding hydrogens is 262 g/mol. The van der Waals surface area contributed by atoms with E-state index in [1.807, 2.05) is 13.8 Å². The summed E-state index contributed by atoms with van der Waals surface area (Å²) in [6.07, 6.45) is 0. The molecule has 0 fully saturated rings. The van der Waals surface area contributed by atoms with Gasteiger partial charge in [-0.25, -0.2) is 0 Å². The molecule has 15 heavy (non-hydrogen) atoms. The van der Waals surface area contributed by atoms with Crippen LogP contribution in [0.4, 0.5) is 0 Å². The molecule has 84 valence electrons. The number of carbonyl (C=O) groups excluding carboxylic acids is 1. The molecular formula is C10H14BrNO3. The van der Waals surface area contributed by atoms with Crippen LogP contribution in [0.25, 0.3) is 0 Å². The second-order valence-electron chi connectivity index (χ2n) is 3.53. The molecule has 0 aromatic carbocycles. The van der Waals surface area contributed by atoms with Gasteiger partial charge in [-0.15, -0.1) is 0 Å². The van der Waals surface area contributed by atoms with Gasteiger partial charge < -0.3 is 9.26 Å². The van der Waals surface area contributed by atoms with E-state index in [0.29, 0.717) is 17.0 Å². The van der Waals surface area contributed by atoms with Crippen molar-refractivity contribution in [2.75, 3.05) is 6.61 Å². The van der Waals surface area contributed by atoms with E-state index in [4.69, 9.17) is 9.26 Å². The van der Waals surface area contributed by atoms with Gasteiger partial charge in [0.1, 0.15) is 10.5 Å². The van der Waals surface area contributed by atoms with Gasteiger partial charge in [0.05, 0.1) is 6.61 Å². The Morgan fingerprint density at radius 3 is 2.73 bits per heavy atom. The standard InChI is InChI=1S/C10H14BrNO3/c1-4-14-10(13)9(6(2)3)7-5-8(11)12-15-7/h5-6,9H,4H2,1-3H3. The average molecular weight is 276 g/mol. The zero-order valence-corrected chi connectivity index (χ0v) is 10.6. The monoisotopic (exact) mass is 275 g/mol. The van der Waals surface area contributed by atoms with Crippen LogP contribution in [-0.4, -0.2) is 17.7 Å². The van der Waals surface area contributed by atoms with Crippen molar-refractivity contribution in [2.45, 2.75) is 26.7 Å². The Hall–Kier alpha value is -0.840. The minimum Gasteiger partial charge on any atom is -0.465 e. The van der Waals surface area contributed by atoms with Gasteiger partial charge in [-0.3, -0.25) is 4.79 Å². The van der Waals surface area contributed by atoms with Crippen molar-refractivity contribution in [3.8, 4) is 0 Å². The largest absolute Gasteiger partial charge is 0.465 e. The molecule has 0 aliphatic rings. The number of carbonyl (C=O) groups is 1. The molecule has 1 heterocycles. The fourth-order valence-electron chi connectivity index (χ4n) is 1.36. The third-order valence-electron chi connectivity index (χ3n) is 2.01. The summed E-state index contributed by atoms with van der Waals surface area (Å²) in [5.74, 6) is -0.000810. The Kier molecular flexibility index (Phi) is 4.32. The summed E-state index contributed by atoms with van der Waals surface area (Å²) in [4.78, 5) is 11.7. The number of rotatable bonds is 4. The Balaban J connectivity index is 2.88. The minimum absolute atomic E-state index is 0.115. The zero-order valence-electron chi connectivity index (χ0n) is 8.99. The molecule has 0 saturated carbocycles. The molecule has 0 saturated heterocycles. The van der Waals surface area contributed by atoms with Gasteiger partial charge in [0.15, 0.2) is 5.76 Å². The van der Waals surface area contributed by atoms with E-state index < -0.39 is 0 Å². The number of nitrogens with zero attached hydrogens (tertiary/aromatic N) is 1. The van der Waals surface area contributed by atoms with Gasteiger partial charge in [-0.05, 0) is 28.8 Å². The van der Waals surface area contributed by atoms with Crippen LogP contribution in [0.2, 0.25) is 0 Å². The fraction of sp³-hybridized carbons (Fsp3) is 0.600. The first-order chi connectivity index (χ1) is 7.06. The van der Waals surface area contributed by atoms with Crippen molar-refractivity contribution in [3.05, 3.63) is 16.4 Å². The number of hydrogen-bond acceptors (Lipinski definition) is 4. The van der Waals surface area contributed by atoms with E-state index in [0.717, 1.165) is 0 Å². The lowest BCUT2D eigenvalue weighted by molar-refractivity contribution is -0.146. The van der Waals surface area contributed by atoms with E-state index in [-0.39, 0.29) is 17.8 Å². The lowest BCUT2D eigenvalue weighted by Gasteiger charge is -2.15. The summed E-state index contributed by atoms with van der Waals surface area (Å²) in [5.41, 5.74) is 0. The number of hydrogen-bond donors (Lipinski definition) is 0. The highest BCUT2D eigenvalue weighted by Crippen LogP contribution is 2.27. The van der Waals surface area contributed by atoms with Crippen molar-refractivity contribution in [2.24, 2.45) is 5.92 Å². The summed E-state index contributed by atoms with van der Waals surface area (Å²) in [6.45, 7) is 6.04. The molecule has 4 nitrogen and oxygen atoms in total. The Morgan fingerprint density at radius 2 is 2.33 bits per heavy atom. The van der Waals surface area contributed by atoms with Crippen LogP contribution in [-0.2, 0) is 9.53 Å².